The predicted molar refractivity (Wildman–Crippen MR) is 94.2 cm³/mol. The highest BCUT2D eigenvalue weighted by atomic mass is 32.2. The molecule has 1 N–H and O–H groups in total. The molecule has 1 aromatic carbocycles. The Hall–Kier alpha value is -1.64. The molecule has 0 bridgehead atoms. The van der Waals surface area contributed by atoms with Gasteiger partial charge in [-0.1, -0.05) is 6.42 Å². The Morgan fingerprint density at radius 3 is 2.60 bits per heavy atom. The van der Waals surface area contributed by atoms with Gasteiger partial charge in [-0.2, -0.15) is 4.31 Å². The van der Waals surface area contributed by atoms with Crippen molar-refractivity contribution in [3.63, 3.8) is 0 Å². The fraction of sp³-hybridized carbons (Fsp3) is 0.588. The molecule has 0 unspecified atom stereocenters. The quantitative estimate of drug-likeness (QED) is 0.698. The Labute approximate surface area is 149 Å². The average molecular weight is 370 g/mol. The summed E-state index contributed by atoms with van der Waals surface area (Å²) in [6, 6.07) is 4.74. The first kappa shape index (κ1) is 19.7. The maximum atomic E-state index is 12.7. The fourth-order valence-corrected chi connectivity index (χ4v) is 4.29. The molecule has 0 spiro atoms. The predicted octanol–water partition coefficient (Wildman–Crippen LogP) is 1.31. The molecule has 0 aromatic heterocycles. The van der Waals surface area contributed by atoms with Gasteiger partial charge < -0.3 is 14.8 Å². The zero-order valence-corrected chi connectivity index (χ0v) is 15.6. The highest BCUT2D eigenvalue weighted by Gasteiger charge is 2.26. The molecule has 25 heavy (non-hydrogen) atoms. The number of ether oxygens (including phenoxy) is 2. The van der Waals surface area contributed by atoms with Gasteiger partial charge in [0.2, 0.25) is 10.0 Å². The van der Waals surface area contributed by atoms with Gasteiger partial charge in [0.25, 0.3) is 5.91 Å². The maximum Gasteiger partial charge on any atom is 0.258 e. The third kappa shape index (κ3) is 5.42. The molecule has 7 nitrogen and oxygen atoms in total. The fourth-order valence-electron chi connectivity index (χ4n) is 2.69. The van der Waals surface area contributed by atoms with Gasteiger partial charge in [-0.25, -0.2) is 8.42 Å². The molecule has 1 aromatic rings. The standard InChI is InChI=1S/C17H26N2O5S/c1-14-12-15(25(21,22)19-9-4-3-5-10-19)6-7-16(14)24-13-17(20)18-8-11-23-2/h6-7,12H,3-5,8-11,13H2,1-2H3,(H,18,20). The van der Waals surface area contributed by atoms with E-state index in [1.807, 2.05) is 0 Å². The summed E-state index contributed by atoms with van der Waals surface area (Å²) in [4.78, 5) is 11.9. The summed E-state index contributed by atoms with van der Waals surface area (Å²) < 4.78 is 37.2. The van der Waals surface area contributed by atoms with Crippen LogP contribution in [0.2, 0.25) is 0 Å². The normalized spacial score (nSPS) is 15.8. The maximum absolute atomic E-state index is 12.7. The lowest BCUT2D eigenvalue weighted by atomic mass is 10.2. The summed E-state index contributed by atoms with van der Waals surface area (Å²) in [6.07, 6.45) is 2.87. The van der Waals surface area contributed by atoms with Crippen LogP contribution in [0.5, 0.6) is 5.75 Å². The van der Waals surface area contributed by atoms with Crippen molar-refractivity contribution < 1.29 is 22.7 Å². The molecular weight excluding hydrogens is 344 g/mol. The lowest BCUT2D eigenvalue weighted by Crippen LogP contribution is -2.35. The van der Waals surface area contributed by atoms with Crippen molar-refractivity contribution in [2.75, 3.05) is 40.0 Å². The van der Waals surface area contributed by atoms with E-state index in [-0.39, 0.29) is 17.4 Å². The first-order valence-electron chi connectivity index (χ1n) is 8.44. The molecule has 0 aliphatic carbocycles. The monoisotopic (exact) mass is 370 g/mol. The van der Waals surface area contributed by atoms with E-state index in [0.717, 1.165) is 19.3 Å². The van der Waals surface area contributed by atoms with Crippen LogP contribution in [0.25, 0.3) is 0 Å². The number of carbonyl (C=O) groups is 1. The van der Waals surface area contributed by atoms with Crippen molar-refractivity contribution >= 4 is 15.9 Å². The van der Waals surface area contributed by atoms with Gasteiger partial charge in [-0.05, 0) is 43.5 Å². The summed E-state index contributed by atoms with van der Waals surface area (Å²) in [5.41, 5.74) is 0.683. The minimum Gasteiger partial charge on any atom is -0.484 e. The molecule has 1 saturated heterocycles. The van der Waals surface area contributed by atoms with Crippen molar-refractivity contribution in [2.24, 2.45) is 0 Å². The van der Waals surface area contributed by atoms with Gasteiger partial charge in [0, 0.05) is 26.7 Å². The van der Waals surface area contributed by atoms with E-state index < -0.39 is 10.0 Å². The number of carbonyl (C=O) groups excluding carboxylic acids is 1. The van der Waals surface area contributed by atoms with Crippen LogP contribution in [0.4, 0.5) is 0 Å². The number of aryl methyl sites for hydroxylation is 1. The van der Waals surface area contributed by atoms with Crippen LogP contribution in [-0.4, -0.2) is 58.6 Å². The zero-order chi connectivity index (χ0) is 18.3. The van der Waals surface area contributed by atoms with Gasteiger partial charge in [0.15, 0.2) is 6.61 Å². The van der Waals surface area contributed by atoms with Crippen molar-refractivity contribution in [2.45, 2.75) is 31.1 Å². The van der Waals surface area contributed by atoms with E-state index in [2.05, 4.69) is 5.32 Å². The van der Waals surface area contributed by atoms with Crippen molar-refractivity contribution in [1.82, 2.24) is 9.62 Å². The number of sulfonamides is 1. The summed E-state index contributed by atoms with van der Waals surface area (Å²) >= 11 is 0. The molecule has 140 valence electrons. The van der Waals surface area contributed by atoms with Crippen LogP contribution < -0.4 is 10.1 Å². The van der Waals surface area contributed by atoms with Gasteiger partial charge in [-0.3, -0.25) is 4.79 Å². The van der Waals surface area contributed by atoms with E-state index in [9.17, 15) is 13.2 Å². The van der Waals surface area contributed by atoms with Crippen LogP contribution in [-0.2, 0) is 19.6 Å². The molecule has 1 amide bonds. The van der Waals surface area contributed by atoms with Gasteiger partial charge in [0.05, 0.1) is 11.5 Å². The molecule has 0 atom stereocenters. The Morgan fingerprint density at radius 2 is 1.96 bits per heavy atom. The van der Waals surface area contributed by atoms with E-state index in [4.69, 9.17) is 9.47 Å². The largest absolute Gasteiger partial charge is 0.484 e. The summed E-state index contributed by atoms with van der Waals surface area (Å²) in [5.74, 6) is 0.251. The molecule has 1 fully saturated rings. The highest BCUT2D eigenvalue weighted by Crippen LogP contribution is 2.25. The first-order chi connectivity index (χ1) is 11.9. The second-order valence-corrected chi connectivity index (χ2v) is 7.96. The van der Waals surface area contributed by atoms with Crippen LogP contribution >= 0.6 is 0 Å². The molecule has 8 heteroatoms. The van der Waals surface area contributed by atoms with Gasteiger partial charge in [0.1, 0.15) is 5.75 Å². The number of methoxy groups -OCH3 is 1. The summed E-state index contributed by atoms with van der Waals surface area (Å²) in [5, 5.41) is 2.66. The second kappa shape index (κ2) is 9.17. The van der Waals surface area contributed by atoms with Crippen molar-refractivity contribution in [3.05, 3.63) is 23.8 Å². The smallest absolute Gasteiger partial charge is 0.258 e. The van der Waals surface area contributed by atoms with Crippen LogP contribution in [0.1, 0.15) is 24.8 Å². The molecular formula is C17H26N2O5S. The number of nitrogens with one attached hydrogen (secondary N) is 1. The number of hydrogen-bond donors (Lipinski definition) is 1. The minimum absolute atomic E-state index is 0.122. The van der Waals surface area contributed by atoms with Crippen molar-refractivity contribution in [3.8, 4) is 5.75 Å². The molecule has 0 radical (unpaired) electrons. The average Bonchev–Trinajstić information content (AvgIpc) is 2.61. The number of hydrogen-bond acceptors (Lipinski definition) is 5. The van der Waals surface area contributed by atoms with E-state index in [1.54, 1.807) is 26.2 Å². The van der Waals surface area contributed by atoms with E-state index in [1.165, 1.54) is 10.4 Å². The lowest BCUT2D eigenvalue weighted by molar-refractivity contribution is -0.123. The molecule has 0 saturated carbocycles. The molecule has 2 rings (SSSR count). The Morgan fingerprint density at radius 1 is 1.24 bits per heavy atom. The number of piperidine rings is 1. The first-order valence-corrected chi connectivity index (χ1v) is 9.88. The lowest BCUT2D eigenvalue weighted by Gasteiger charge is -2.26. The van der Waals surface area contributed by atoms with Crippen LogP contribution in [0, 0.1) is 6.92 Å². The number of benzene rings is 1. The van der Waals surface area contributed by atoms with E-state index in [0.29, 0.717) is 37.6 Å². The Balaban J connectivity index is 1.99. The Kier molecular flexibility index (Phi) is 7.22. The zero-order valence-electron chi connectivity index (χ0n) is 14.8. The third-order valence-electron chi connectivity index (χ3n) is 4.09. The Bertz CT molecular complexity index is 684. The molecule has 1 aliphatic rings. The number of nitrogens with zero attached hydrogens (tertiary/aromatic N) is 1. The molecule has 1 aliphatic heterocycles. The summed E-state index contributed by atoms with van der Waals surface area (Å²) in [6.45, 7) is 3.65. The number of rotatable bonds is 8. The van der Waals surface area contributed by atoms with E-state index >= 15 is 0 Å². The topological polar surface area (TPSA) is 84.9 Å². The van der Waals surface area contributed by atoms with Crippen molar-refractivity contribution in [1.29, 1.82) is 0 Å². The van der Waals surface area contributed by atoms with Gasteiger partial charge >= 0.3 is 0 Å². The minimum atomic E-state index is -3.46. The second-order valence-electron chi connectivity index (χ2n) is 6.02. The highest BCUT2D eigenvalue weighted by molar-refractivity contribution is 7.89. The molecule has 1 heterocycles. The summed E-state index contributed by atoms with van der Waals surface area (Å²) in [7, 11) is -1.90. The van der Waals surface area contributed by atoms with Crippen LogP contribution in [0.3, 0.4) is 0 Å². The third-order valence-corrected chi connectivity index (χ3v) is 5.98. The number of amides is 1. The van der Waals surface area contributed by atoms with Crippen LogP contribution in [0.15, 0.2) is 23.1 Å². The van der Waals surface area contributed by atoms with Gasteiger partial charge in [-0.15, -0.1) is 0 Å². The SMILES string of the molecule is COCCNC(=O)COc1ccc(S(=O)(=O)N2CCCCC2)cc1C.